The summed E-state index contributed by atoms with van der Waals surface area (Å²) in [5.41, 5.74) is 7.06. The average molecular weight is 287 g/mol. The molecule has 0 amide bonds. The van der Waals surface area contributed by atoms with Gasteiger partial charge >= 0.3 is 0 Å². The van der Waals surface area contributed by atoms with E-state index in [1.54, 1.807) is 6.07 Å². The van der Waals surface area contributed by atoms with Gasteiger partial charge in [-0.1, -0.05) is 35.8 Å². The lowest BCUT2D eigenvalue weighted by atomic mass is 9.97. The van der Waals surface area contributed by atoms with Crippen LogP contribution in [0.3, 0.4) is 0 Å². The molecule has 5 heteroatoms. The molecule has 0 saturated carbocycles. The smallest absolute Gasteiger partial charge is 0.270 e. The lowest BCUT2D eigenvalue weighted by molar-refractivity contribution is -0.384. The van der Waals surface area contributed by atoms with E-state index in [1.807, 2.05) is 0 Å². The Kier molecular flexibility index (Phi) is 4.44. The fraction of sp³-hybridized carbons (Fsp3) is 0.455. The molecule has 1 atom stereocenters. The first kappa shape index (κ1) is 13.1. The van der Waals surface area contributed by atoms with Crippen molar-refractivity contribution < 1.29 is 4.92 Å². The second kappa shape index (κ2) is 5.41. The standard InChI is InChI=1S/C11H15BrN2O2/c1-7(2)11(13)5-8-3-4-9(14(15)16)6-10(8)12/h3-4,6-7,11H,5,13H2,1-2H3. The summed E-state index contributed by atoms with van der Waals surface area (Å²) in [6.07, 6.45) is 0.718. The minimum atomic E-state index is -0.406. The molecular weight excluding hydrogens is 272 g/mol. The number of non-ortho nitro benzene ring substituents is 1. The van der Waals surface area contributed by atoms with E-state index >= 15 is 0 Å². The van der Waals surface area contributed by atoms with E-state index in [0.29, 0.717) is 5.92 Å². The normalized spacial score (nSPS) is 12.8. The minimum absolute atomic E-state index is 0.0674. The van der Waals surface area contributed by atoms with E-state index in [4.69, 9.17) is 5.73 Å². The Morgan fingerprint density at radius 2 is 2.12 bits per heavy atom. The molecule has 0 bridgehead atoms. The maximum absolute atomic E-state index is 10.6. The van der Waals surface area contributed by atoms with Crippen LogP contribution in [0.25, 0.3) is 0 Å². The maximum Gasteiger partial charge on any atom is 0.270 e. The van der Waals surface area contributed by atoms with Crippen molar-refractivity contribution >= 4 is 21.6 Å². The van der Waals surface area contributed by atoms with Crippen LogP contribution >= 0.6 is 15.9 Å². The molecule has 1 aromatic rings. The molecule has 0 aliphatic carbocycles. The molecule has 4 nitrogen and oxygen atoms in total. The van der Waals surface area contributed by atoms with Gasteiger partial charge in [-0.2, -0.15) is 0 Å². The molecular formula is C11H15BrN2O2. The zero-order chi connectivity index (χ0) is 12.3. The van der Waals surface area contributed by atoms with Crippen LogP contribution in [-0.2, 0) is 6.42 Å². The Morgan fingerprint density at radius 3 is 2.56 bits per heavy atom. The van der Waals surface area contributed by atoms with E-state index in [2.05, 4.69) is 29.8 Å². The first-order valence-corrected chi connectivity index (χ1v) is 5.89. The van der Waals surface area contributed by atoms with Crippen LogP contribution in [0.1, 0.15) is 19.4 Å². The first-order valence-electron chi connectivity index (χ1n) is 5.10. The lowest BCUT2D eigenvalue weighted by Crippen LogP contribution is -2.28. The van der Waals surface area contributed by atoms with Gasteiger partial charge in [0.15, 0.2) is 0 Å². The van der Waals surface area contributed by atoms with Gasteiger partial charge in [-0.05, 0) is 17.9 Å². The zero-order valence-corrected chi connectivity index (χ0v) is 10.9. The van der Waals surface area contributed by atoms with Crippen molar-refractivity contribution in [1.29, 1.82) is 0 Å². The average Bonchev–Trinajstić information content (AvgIpc) is 2.20. The summed E-state index contributed by atoms with van der Waals surface area (Å²) in [7, 11) is 0. The minimum Gasteiger partial charge on any atom is -0.327 e. The molecule has 0 aliphatic rings. The third-order valence-electron chi connectivity index (χ3n) is 2.56. The van der Waals surface area contributed by atoms with Crippen molar-refractivity contribution in [3.8, 4) is 0 Å². The van der Waals surface area contributed by atoms with Gasteiger partial charge in [0, 0.05) is 22.6 Å². The van der Waals surface area contributed by atoms with E-state index < -0.39 is 4.92 Å². The maximum atomic E-state index is 10.6. The van der Waals surface area contributed by atoms with E-state index in [-0.39, 0.29) is 11.7 Å². The van der Waals surface area contributed by atoms with Gasteiger partial charge in [-0.25, -0.2) is 0 Å². The number of nitro benzene ring substituents is 1. The Labute approximate surface area is 103 Å². The zero-order valence-electron chi connectivity index (χ0n) is 9.31. The number of nitrogens with two attached hydrogens (primary N) is 1. The highest BCUT2D eigenvalue weighted by molar-refractivity contribution is 9.10. The number of nitro groups is 1. The summed E-state index contributed by atoms with van der Waals surface area (Å²) in [5, 5.41) is 10.6. The molecule has 0 aromatic heterocycles. The van der Waals surface area contributed by atoms with Crippen LogP contribution in [0, 0.1) is 16.0 Å². The van der Waals surface area contributed by atoms with Gasteiger partial charge in [0.25, 0.3) is 5.69 Å². The molecule has 88 valence electrons. The lowest BCUT2D eigenvalue weighted by Gasteiger charge is -2.16. The second-order valence-electron chi connectivity index (χ2n) is 4.14. The third-order valence-corrected chi connectivity index (χ3v) is 3.30. The number of rotatable bonds is 4. The SMILES string of the molecule is CC(C)C(N)Cc1ccc([N+](=O)[O-])cc1Br. The number of nitrogens with zero attached hydrogens (tertiary/aromatic N) is 1. The highest BCUT2D eigenvalue weighted by Crippen LogP contribution is 2.24. The number of halogens is 1. The Balaban J connectivity index is 2.87. The van der Waals surface area contributed by atoms with Crippen LogP contribution in [-0.4, -0.2) is 11.0 Å². The van der Waals surface area contributed by atoms with Gasteiger partial charge in [-0.15, -0.1) is 0 Å². The van der Waals surface area contributed by atoms with Crippen molar-refractivity contribution in [3.05, 3.63) is 38.3 Å². The van der Waals surface area contributed by atoms with Gasteiger partial charge in [-0.3, -0.25) is 10.1 Å². The van der Waals surface area contributed by atoms with Crippen molar-refractivity contribution in [3.63, 3.8) is 0 Å². The Hall–Kier alpha value is -0.940. The van der Waals surface area contributed by atoms with Crippen molar-refractivity contribution in [1.82, 2.24) is 0 Å². The van der Waals surface area contributed by atoms with E-state index in [9.17, 15) is 10.1 Å². The predicted octanol–water partition coefficient (Wildman–Crippen LogP) is 2.88. The Morgan fingerprint density at radius 1 is 1.50 bits per heavy atom. The van der Waals surface area contributed by atoms with Crippen molar-refractivity contribution in [2.75, 3.05) is 0 Å². The second-order valence-corrected chi connectivity index (χ2v) is 5.00. The van der Waals surface area contributed by atoms with Crippen LogP contribution < -0.4 is 5.73 Å². The molecule has 1 unspecified atom stereocenters. The topological polar surface area (TPSA) is 69.2 Å². The summed E-state index contributed by atoms with van der Waals surface area (Å²) in [4.78, 5) is 10.1. The van der Waals surface area contributed by atoms with Crippen molar-refractivity contribution in [2.45, 2.75) is 26.3 Å². The summed E-state index contributed by atoms with van der Waals surface area (Å²) in [6, 6.07) is 4.85. The van der Waals surface area contributed by atoms with E-state index in [0.717, 1.165) is 16.5 Å². The van der Waals surface area contributed by atoms with Crippen LogP contribution in [0.15, 0.2) is 22.7 Å². The summed E-state index contributed by atoms with van der Waals surface area (Å²) >= 11 is 3.33. The molecule has 0 radical (unpaired) electrons. The summed E-state index contributed by atoms with van der Waals surface area (Å²) in [6.45, 7) is 4.12. The van der Waals surface area contributed by atoms with E-state index in [1.165, 1.54) is 12.1 Å². The van der Waals surface area contributed by atoms with Crippen LogP contribution in [0.2, 0.25) is 0 Å². The molecule has 1 aromatic carbocycles. The first-order chi connectivity index (χ1) is 7.41. The largest absolute Gasteiger partial charge is 0.327 e. The Bertz CT molecular complexity index is 394. The highest BCUT2D eigenvalue weighted by Gasteiger charge is 2.13. The molecule has 2 N–H and O–H groups in total. The number of benzene rings is 1. The van der Waals surface area contributed by atoms with Gasteiger partial charge in [0.2, 0.25) is 0 Å². The van der Waals surface area contributed by atoms with Crippen molar-refractivity contribution in [2.24, 2.45) is 11.7 Å². The third kappa shape index (κ3) is 3.28. The molecule has 0 saturated heterocycles. The fourth-order valence-corrected chi connectivity index (χ4v) is 1.83. The predicted molar refractivity (Wildman–Crippen MR) is 67.3 cm³/mol. The molecule has 16 heavy (non-hydrogen) atoms. The summed E-state index contributed by atoms with van der Waals surface area (Å²) in [5.74, 6) is 0.391. The molecule has 0 fully saturated rings. The monoisotopic (exact) mass is 286 g/mol. The van der Waals surface area contributed by atoms with Crippen LogP contribution in [0.4, 0.5) is 5.69 Å². The fourth-order valence-electron chi connectivity index (χ4n) is 1.30. The highest BCUT2D eigenvalue weighted by atomic mass is 79.9. The van der Waals surface area contributed by atoms with Gasteiger partial charge < -0.3 is 5.73 Å². The summed E-state index contributed by atoms with van der Waals surface area (Å²) < 4.78 is 0.748. The molecule has 0 aliphatic heterocycles. The quantitative estimate of drug-likeness (QED) is 0.683. The molecule has 0 heterocycles. The molecule has 1 rings (SSSR count). The van der Waals surface area contributed by atoms with Gasteiger partial charge in [0.1, 0.15) is 0 Å². The van der Waals surface area contributed by atoms with Gasteiger partial charge in [0.05, 0.1) is 4.92 Å². The number of hydrogen-bond donors (Lipinski definition) is 1. The van der Waals surface area contributed by atoms with Crippen LogP contribution in [0.5, 0.6) is 0 Å². The number of hydrogen-bond acceptors (Lipinski definition) is 3. The molecule has 0 spiro atoms.